The smallest absolute Gasteiger partial charge is 0.152 e. The van der Waals surface area contributed by atoms with Crippen LogP contribution in [0.5, 0.6) is 0 Å². The molecule has 0 N–H and O–H groups in total. The second kappa shape index (κ2) is 2.96. The highest BCUT2D eigenvalue weighted by atomic mass is 16.5. The molecule has 2 nitrogen and oxygen atoms in total. The number of methoxy groups -OCH3 is 1. The molecule has 0 bridgehead atoms. The van der Waals surface area contributed by atoms with Crippen LogP contribution in [0, 0.1) is 0 Å². The topological polar surface area (TPSA) is 26.3 Å². The van der Waals surface area contributed by atoms with Crippen LogP contribution in [-0.2, 0) is 22.4 Å². The minimum Gasteiger partial charge on any atom is -0.370 e. The SMILES string of the molecule is COC1(C=O)Cc2ccccc2C1. The summed E-state index contributed by atoms with van der Waals surface area (Å²) in [6.45, 7) is 0. The molecule has 0 amide bonds. The van der Waals surface area contributed by atoms with Crippen molar-refractivity contribution in [1.29, 1.82) is 0 Å². The van der Waals surface area contributed by atoms with Crippen LogP contribution in [0.15, 0.2) is 24.3 Å². The van der Waals surface area contributed by atoms with Crippen molar-refractivity contribution >= 4 is 6.29 Å². The molecule has 0 aliphatic heterocycles. The van der Waals surface area contributed by atoms with Crippen molar-refractivity contribution in [3.05, 3.63) is 35.4 Å². The summed E-state index contributed by atoms with van der Waals surface area (Å²) in [7, 11) is 1.60. The van der Waals surface area contributed by atoms with Gasteiger partial charge in [-0.15, -0.1) is 0 Å². The van der Waals surface area contributed by atoms with Crippen molar-refractivity contribution in [2.75, 3.05) is 7.11 Å². The van der Waals surface area contributed by atoms with Gasteiger partial charge in [-0.1, -0.05) is 24.3 Å². The average Bonchev–Trinajstić information content (AvgIpc) is 2.57. The van der Waals surface area contributed by atoms with E-state index in [1.807, 2.05) is 12.1 Å². The second-order valence-electron chi connectivity index (χ2n) is 3.51. The van der Waals surface area contributed by atoms with E-state index in [0.29, 0.717) is 12.8 Å². The monoisotopic (exact) mass is 176 g/mol. The molecular weight excluding hydrogens is 164 g/mol. The van der Waals surface area contributed by atoms with Crippen LogP contribution in [0.4, 0.5) is 0 Å². The summed E-state index contributed by atoms with van der Waals surface area (Å²) >= 11 is 0. The number of fused-ring (bicyclic) bond motifs is 1. The molecule has 0 radical (unpaired) electrons. The highest BCUT2D eigenvalue weighted by Gasteiger charge is 2.36. The Hall–Kier alpha value is -1.15. The first-order chi connectivity index (χ1) is 6.29. The summed E-state index contributed by atoms with van der Waals surface area (Å²) in [5.41, 5.74) is 1.87. The van der Waals surface area contributed by atoms with Crippen LogP contribution in [0.2, 0.25) is 0 Å². The Kier molecular flexibility index (Phi) is 1.93. The van der Waals surface area contributed by atoms with Gasteiger partial charge in [0.25, 0.3) is 0 Å². The fraction of sp³-hybridized carbons (Fsp3) is 0.364. The van der Waals surface area contributed by atoms with E-state index in [-0.39, 0.29) is 0 Å². The zero-order chi connectivity index (χ0) is 9.31. The van der Waals surface area contributed by atoms with Gasteiger partial charge in [0.15, 0.2) is 6.29 Å². The first kappa shape index (κ1) is 8.45. The number of hydrogen-bond donors (Lipinski definition) is 0. The quantitative estimate of drug-likeness (QED) is 0.636. The van der Waals surface area contributed by atoms with E-state index < -0.39 is 5.60 Å². The van der Waals surface area contributed by atoms with Crippen LogP contribution in [0.3, 0.4) is 0 Å². The molecule has 2 rings (SSSR count). The molecule has 1 aliphatic carbocycles. The van der Waals surface area contributed by atoms with E-state index in [9.17, 15) is 4.79 Å². The maximum atomic E-state index is 10.9. The Balaban J connectivity index is 2.35. The summed E-state index contributed by atoms with van der Waals surface area (Å²) in [6.07, 6.45) is 2.35. The molecule has 0 unspecified atom stereocenters. The molecule has 2 heteroatoms. The number of hydrogen-bond acceptors (Lipinski definition) is 2. The number of aldehydes is 1. The summed E-state index contributed by atoms with van der Waals surface area (Å²) < 4.78 is 5.26. The predicted octanol–water partition coefficient (Wildman–Crippen LogP) is 1.37. The molecule has 13 heavy (non-hydrogen) atoms. The number of carbonyl (C=O) groups is 1. The van der Waals surface area contributed by atoms with Crippen molar-refractivity contribution < 1.29 is 9.53 Å². The normalized spacial score (nSPS) is 18.2. The fourth-order valence-electron chi connectivity index (χ4n) is 1.89. The van der Waals surface area contributed by atoms with E-state index in [0.717, 1.165) is 6.29 Å². The van der Waals surface area contributed by atoms with Gasteiger partial charge in [-0.25, -0.2) is 0 Å². The lowest BCUT2D eigenvalue weighted by Gasteiger charge is -2.19. The maximum Gasteiger partial charge on any atom is 0.152 e. The van der Waals surface area contributed by atoms with Crippen LogP contribution in [-0.4, -0.2) is 19.0 Å². The molecule has 0 spiro atoms. The molecule has 0 heterocycles. The minimum absolute atomic E-state index is 0.594. The van der Waals surface area contributed by atoms with E-state index in [1.54, 1.807) is 7.11 Å². The lowest BCUT2D eigenvalue weighted by Crippen LogP contribution is -2.33. The molecule has 1 aromatic rings. The van der Waals surface area contributed by atoms with Crippen LogP contribution < -0.4 is 0 Å². The van der Waals surface area contributed by atoms with Gasteiger partial charge in [0.2, 0.25) is 0 Å². The molecular formula is C11H12O2. The van der Waals surface area contributed by atoms with Gasteiger partial charge < -0.3 is 9.53 Å². The standard InChI is InChI=1S/C11H12O2/c1-13-11(8-12)6-9-4-2-3-5-10(9)7-11/h2-5,8H,6-7H2,1H3. The first-order valence-corrected chi connectivity index (χ1v) is 4.38. The summed E-state index contributed by atoms with van der Waals surface area (Å²) in [6, 6.07) is 8.10. The van der Waals surface area contributed by atoms with Gasteiger partial charge in [-0.2, -0.15) is 0 Å². The molecule has 0 fully saturated rings. The summed E-state index contributed by atoms with van der Waals surface area (Å²) in [4.78, 5) is 10.9. The predicted molar refractivity (Wildman–Crippen MR) is 49.7 cm³/mol. The van der Waals surface area contributed by atoms with Crippen LogP contribution >= 0.6 is 0 Å². The highest BCUT2D eigenvalue weighted by molar-refractivity contribution is 5.67. The van der Waals surface area contributed by atoms with Crippen molar-refractivity contribution in [2.24, 2.45) is 0 Å². The third kappa shape index (κ3) is 1.27. The first-order valence-electron chi connectivity index (χ1n) is 4.38. The summed E-state index contributed by atoms with van der Waals surface area (Å²) in [5, 5.41) is 0. The van der Waals surface area contributed by atoms with Gasteiger partial charge in [-0.05, 0) is 11.1 Å². The third-order valence-corrected chi connectivity index (χ3v) is 2.72. The van der Waals surface area contributed by atoms with Gasteiger partial charge in [0, 0.05) is 20.0 Å². The van der Waals surface area contributed by atoms with Gasteiger partial charge in [0.1, 0.15) is 5.60 Å². The number of rotatable bonds is 2. The van der Waals surface area contributed by atoms with Crippen molar-refractivity contribution in [2.45, 2.75) is 18.4 Å². The van der Waals surface area contributed by atoms with Crippen molar-refractivity contribution in [1.82, 2.24) is 0 Å². The van der Waals surface area contributed by atoms with Gasteiger partial charge in [-0.3, -0.25) is 0 Å². The minimum atomic E-state index is -0.594. The molecule has 0 saturated heterocycles. The number of carbonyl (C=O) groups excluding carboxylic acids is 1. The van der Waals surface area contributed by atoms with E-state index in [1.165, 1.54) is 11.1 Å². The zero-order valence-corrected chi connectivity index (χ0v) is 7.62. The largest absolute Gasteiger partial charge is 0.370 e. The molecule has 0 aromatic heterocycles. The lowest BCUT2D eigenvalue weighted by atomic mass is 10.0. The van der Waals surface area contributed by atoms with E-state index in [2.05, 4.69) is 12.1 Å². The molecule has 0 atom stereocenters. The molecule has 0 saturated carbocycles. The molecule has 1 aliphatic rings. The van der Waals surface area contributed by atoms with E-state index >= 15 is 0 Å². The Labute approximate surface area is 77.5 Å². The second-order valence-corrected chi connectivity index (χ2v) is 3.51. The Morgan fingerprint density at radius 3 is 2.23 bits per heavy atom. The maximum absolute atomic E-state index is 10.9. The molecule has 68 valence electrons. The fourth-order valence-corrected chi connectivity index (χ4v) is 1.89. The Morgan fingerprint density at radius 1 is 1.31 bits per heavy atom. The zero-order valence-electron chi connectivity index (χ0n) is 7.62. The molecule has 1 aromatic carbocycles. The Bertz CT molecular complexity index is 306. The lowest BCUT2D eigenvalue weighted by molar-refractivity contribution is -0.126. The number of benzene rings is 1. The van der Waals surface area contributed by atoms with E-state index in [4.69, 9.17) is 4.74 Å². The van der Waals surface area contributed by atoms with Crippen LogP contribution in [0.1, 0.15) is 11.1 Å². The third-order valence-electron chi connectivity index (χ3n) is 2.72. The Morgan fingerprint density at radius 2 is 1.85 bits per heavy atom. The van der Waals surface area contributed by atoms with Gasteiger partial charge in [0.05, 0.1) is 0 Å². The highest BCUT2D eigenvalue weighted by Crippen LogP contribution is 2.30. The summed E-state index contributed by atoms with van der Waals surface area (Å²) in [5.74, 6) is 0. The average molecular weight is 176 g/mol. The number of ether oxygens (including phenoxy) is 1. The van der Waals surface area contributed by atoms with Crippen molar-refractivity contribution in [3.63, 3.8) is 0 Å². The van der Waals surface area contributed by atoms with Gasteiger partial charge >= 0.3 is 0 Å². The van der Waals surface area contributed by atoms with Crippen LogP contribution in [0.25, 0.3) is 0 Å². The van der Waals surface area contributed by atoms with Crippen molar-refractivity contribution in [3.8, 4) is 0 Å².